The predicted octanol–water partition coefficient (Wildman–Crippen LogP) is 3.30. The number of benzene rings is 2. The zero-order chi connectivity index (χ0) is 21.0. The summed E-state index contributed by atoms with van der Waals surface area (Å²) in [6.45, 7) is 0.322. The molecule has 29 heavy (non-hydrogen) atoms. The van der Waals surface area contributed by atoms with Crippen LogP contribution in [0.5, 0.6) is 5.75 Å². The van der Waals surface area contributed by atoms with E-state index in [1.807, 2.05) is 6.07 Å². The first-order valence-corrected chi connectivity index (χ1v) is 9.50. The van der Waals surface area contributed by atoms with Crippen molar-refractivity contribution in [2.24, 2.45) is 0 Å². The molecule has 0 bridgehead atoms. The van der Waals surface area contributed by atoms with E-state index in [1.54, 1.807) is 6.07 Å². The van der Waals surface area contributed by atoms with Crippen LogP contribution in [-0.2, 0) is 6.42 Å². The van der Waals surface area contributed by atoms with E-state index in [-0.39, 0.29) is 28.5 Å². The minimum absolute atomic E-state index is 0.116. The molecule has 0 aliphatic carbocycles. The Morgan fingerprint density at radius 3 is 2.69 bits per heavy atom. The average Bonchev–Trinajstić information content (AvgIpc) is 3.01. The summed E-state index contributed by atoms with van der Waals surface area (Å²) in [4.78, 5) is 12.2. The number of phenols is 1. The van der Waals surface area contributed by atoms with Crippen molar-refractivity contribution in [2.75, 3.05) is 12.3 Å². The number of aromatic hydroxyl groups is 1. The fourth-order valence-corrected chi connectivity index (χ4v) is 3.15. The Morgan fingerprint density at radius 1 is 1.31 bits per heavy atom. The molecule has 7 nitrogen and oxygen atoms in total. The van der Waals surface area contributed by atoms with Crippen LogP contribution in [0.15, 0.2) is 46.9 Å². The molecule has 9 heteroatoms. The van der Waals surface area contributed by atoms with E-state index >= 15 is 0 Å². The Hall–Kier alpha value is -3.38. The molecule has 0 atom stereocenters. The topological polar surface area (TPSA) is 117 Å². The number of nitrogens with two attached hydrogens (primary N) is 1. The van der Waals surface area contributed by atoms with E-state index < -0.39 is 5.91 Å². The maximum absolute atomic E-state index is 13.1. The zero-order valence-corrected chi connectivity index (χ0v) is 16.8. The number of hydrogen-bond donors (Lipinski definition) is 3. The smallest absolute Gasteiger partial charge is 0.255 e. The highest BCUT2D eigenvalue weighted by Crippen LogP contribution is 2.23. The molecule has 1 amide bonds. The fraction of sp³-hybridized carbons (Fsp3) is 0.150. The third kappa shape index (κ3) is 4.55. The largest absolute Gasteiger partial charge is 0.507 e. The Morgan fingerprint density at radius 2 is 2.03 bits per heavy atom. The van der Waals surface area contributed by atoms with E-state index in [0.717, 1.165) is 0 Å². The Bertz CT molecular complexity index is 1090. The van der Waals surface area contributed by atoms with Crippen molar-refractivity contribution >= 4 is 27.7 Å². The summed E-state index contributed by atoms with van der Waals surface area (Å²) < 4.78 is 15.2. The van der Waals surface area contributed by atoms with Crippen LogP contribution in [0.25, 0.3) is 5.69 Å². The first-order valence-electron chi connectivity index (χ1n) is 8.71. The highest BCUT2D eigenvalue weighted by molar-refractivity contribution is 9.10. The van der Waals surface area contributed by atoms with Gasteiger partial charge in [-0.3, -0.25) is 4.79 Å². The van der Waals surface area contributed by atoms with E-state index in [2.05, 4.69) is 26.3 Å². The summed E-state index contributed by atoms with van der Waals surface area (Å²) in [7, 11) is 0. The second-order valence-electron chi connectivity index (χ2n) is 6.23. The van der Waals surface area contributed by atoms with Gasteiger partial charge in [0.15, 0.2) is 0 Å². The van der Waals surface area contributed by atoms with Gasteiger partial charge >= 0.3 is 0 Å². The number of rotatable bonds is 6. The number of phenolic OH excluding ortho intramolecular Hbond substituents is 1. The van der Waals surface area contributed by atoms with Gasteiger partial charge in [-0.2, -0.15) is 10.4 Å². The van der Waals surface area contributed by atoms with Gasteiger partial charge in [0.25, 0.3) is 5.91 Å². The number of nitriles is 1. The van der Waals surface area contributed by atoms with Crippen molar-refractivity contribution in [1.82, 2.24) is 15.1 Å². The van der Waals surface area contributed by atoms with Crippen molar-refractivity contribution in [2.45, 2.75) is 12.8 Å². The molecule has 0 radical (unpaired) electrons. The van der Waals surface area contributed by atoms with Crippen LogP contribution in [0.1, 0.15) is 28.0 Å². The van der Waals surface area contributed by atoms with Gasteiger partial charge < -0.3 is 16.2 Å². The lowest BCUT2D eigenvalue weighted by Crippen LogP contribution is -2.24. The Kier molecular flexibility index (Phi) is 6.14. The van der Waals surface area contributed by atoms with Crippen molar-refractivity contribution < 1.29 is 14.3 Å². The lowest BCUT2D eigenvalue weighted by Gasteiger charge is -2.07. The van der Waals surface area contributed by atoms with Crippen LogP contribution in [-0.4, -0.2) is 27.3 Å². The van der Waals surface area contributed by atoms with Gasteiger partial charge in [-0.15, -0.1) is 0 Å². The number of carbonyl (C=O) groups excluding carboxylic acids is 1. The van der Waals surface area contributed by atoms with Gasteiger partial charge in [0.2, 0.25) is 0 Å². The summed E-state index contributed by atoms with van der Waals surface area (Å²) in [5, 5.41) is 26.3. The molecule has 148 valence electrons. The number of carbonyl (C=O) groups is 1. The van der Waals surface area contributed by atoms with E-state index in [1.165, 1.54) is 41.1 Å². The second-order valence-corrected chi connectivity index (χ2v) is 7.14. The molecule has 0 aliphatic heterocycles. The van der Waals surface area contributed by atoms with Crippen molar-refractivity contribution in [1.29, 1.82) is 5.26 Å². The van der Waals surface area contributed by atoms with Crippen LogP contribution in [0.3, 0.4) is 0 Å². The van der Waals surface area contributed by atoms with Gasteiger partial charge in [-0.25, -0.2) is 9.07 Å². The summed E-state index contributed by atoms with van der Waals surface area (Å²) in [5.74, 6) is -0.716. The lowest BCUT2D eigenvalue weighted by molar-refractivity contribution is 0.0950. The van der Waals surface area contributed by atoms with E-state index in [0.29, 0.717) is 35.2 Å². The van der Waals surface area contributed by atoms with Crippen LogP contribution >= 0.6 is 15.9 Å². The number of hydrogen-bond acceptors (Lipinski definition) is 5. The monoisotopic (exact) mass is 457 g/mol. The molecule has 0 spiro atoms. The number of nitrogens with zero attached hydrogens (tertiary/aromatic N) is 3. The van der Waals surface area contributed by atoms with Gasteiger partial charge in [-0.05, 0) is 55.3 Å². The van der Waals surface area contributed by atoms with Gasteiger partial charge in [0, 0.05) is 11.0 Å². The first kappa shape index (κ1) is 20.4. The number of nitrogen functional groups attached to an aromatic ring is 1. The maximum Gasteiger partial charge on any atom is 0.255 e. The number of halogens is 2. The maximum atomic E-state index is 13.1. The molecule has 0 aliphatic rings. The van der Waals surface area contributed by atoms with Crippen LogP contribution in [0.4, 0.5) is 10.2 Å². The summed E-state index contributed by atoms with van der Waals surface area (Å²) in [5.41, 5.74) is 7.50. The third-order valence-electron chi connectivity index (χ3n) is 4.26. The third-order valence-corrected chi connectivity index (χ3v) is 4.75. The summed E-state index contributed by atoms with van der Waals surface area (Å²) in [6.07, 6.45) is 0.922. The normalized spacial score (nSPS) is 10.5. The van der Waals surface area contributed by atoms with Crippen molar-refractivity contribution in [3.8, 4) is 17.5 Å². The molecule has 1 aromatic heterocycles. The molecular weight excluding hydrogens is 441 g/mol. The highest BCUT2D eigenvalue weighted by Gasteiger charge is 2.17. The Balaban J connectivity index is 1.65. The Labute approximate surface area is 174 Å². The molecule has 0 unspecified atom stereocenters. The SMILES string of the molecule is N#Cc1c(CCCNC(=O)c2ccc(Br)cc2O)nn(-c2ccc(F)cc2)c1N. The second kappa shape index (κ2) is 8.75. The highest BCUT2D eigenvalue weighted by atomic mass is 79.9. The molecule has 0 fully saturated rings. The summed E-state index contributed by atoms with van der Waals surface area (Å²) >= 11 is 3.22. The van der Waals surface area contributed by atoms with Crippen LogP contribution in [0, 0.1) is 17.1 Å². The van der Waals surface area contributed by atoms with Crippen LogP contribution < -0.4 is 11.1 Å². The zero-order valence-electron chi connectivity index (χ0n) is 15.2. The van der Waals surface area contributed by atoms with Gasteiger partial charge in [0.05, 0.1) is 16.9 Å². The molecular formula is C20H17BrFN5O2. The fourth-order valence-electron chi connectivity index (χ4n) is 2.80. The predicted molar refractivity (Wildman–Crippen MR) is 109 cm³/mol. The minimum atomic E-state index is -0.396. The van der Waals surface area contributed by atoms with Crippen molar-refractivity contribution in [3.05, 3.63) is 69.6 Å². The van der Waals surface area contributed by atoms with Gasteiger partial charge in [-0.1, -0.05) is 15.9 Å². The van der Waals surface area contributed by atoms with Crippen molar-refractivity contribution in [3.63, 3.8) is 0 Å². The number of anilines is 1. The number of aryl methyl sites for hydroxylation is 1. The van der Waals surface area contributed by atoms with Crippen LogP contribution in [0.2, 0.25) is 0 Å². The number of amides is 1. The average molecular weight is 458 g/mol. The number of nitrogens with one attached hydrogen (secondary N) is 1. The van der Waals surface area contributed by atoms with E-state index in [9.17, 15) is 19.6 Å². The minimum Gasteiger partial charge on any atom is -0.507 e. The molecule has 2 aromatic carbocycles. The molecule has 3 aromatic rings. The lowest BCUT2D eigenvalue weighted by atomic mass is 10.1. The molecule has 3 rings (SSSR count). The van der Waals surface area contributed by atoms with E-state index in [4.69, 9.17) is 5.73 Å². The standard InChI is InChI=1S/C20H17BrFN5O2/c21-12-3-8-15(18(28)10-12)20(29)25-9-1-2-17-16(11-23)19(24)27(26-17)14-6-4-13(22)5-7-14/h3-8,10,28H,1-2,9,24H2,(H,25,29). The quantitative estimate of drug-likeness (QED) is 0.490. The van der Waals surface area contributed by atoms with Gasteiger partial charge in [0.1, 0.15) is 29.0 Å². The first-order chi connectivity index (χ1) is 13.9. The number of aromatic nitrogens is 2. The summed E-state index contributed by atoms with van der Waals surface area (Å²) in [6, 6.07) is 12.3. The molecule has 0 saturated carbocycles. The molecule has 4 N–H and O–H groups in total. The molecule has 0 saturated heterocycles. The molecule has 1 heterocycles.